The zero-order chi connectivity index (χ0) is 20.0. The maximum Gasteiger partial charge on any atom is 0.408 e. The highest BCUT2D eigenvalue weighted by Crippen LogP contribution is 2.18. The topological polar surface area (TPSA) is 104 Å². The average Bonchev–Trinajstić information content (AvgIpc) is 2.54. The van der Waals surface area contributed by atoms with Crippen LogP contribution in [-0.2, 0) is 17.6 Å². The fourth-order valence-electron chi connectivity index (χ4n) is 2.46. The number of hydrogen-bond acceptors (Lipinski definition) is 5. The summed E-state index contributed by atoms with van der Waals surface area (Å²) in [5.74, 6) is 0.298. The predicted octanol–water partition coefficient (Wildman–Crippen LogP) is 2.77. The third kappa shape index (κ3) is 7.03. The number of carbonyl (C=O) groups is 1. The highest BCUT2D eigenvalue weighted by Gasteiger charge is 2.23. The first-order chi connectivity index (χ1) is 12.7. The molecule has 8 heteroatoms. The van der Waals surface area contributed by atoms with Crippen LogP contribution in [0, 0.1) is 0 Å². The molecular formula is C19H24ClN3O4. The largest absolute Gasteiger partial charge is 0.444 e. The SMILES string of the molecule is CC(C)(C)OC(=O)N[C@@H](Cc1ccc(Cl)cc1)c1nc(CCO)cc(=O)[nH]1. The Labute approximate surface area is 162 Å². The first-order valence-electron chi connectivity index (χ1n) is 8.61. The lowest BCUT2D eigenvalue weighted by Crippen LogP contribution is -2.37. The molecule has 1 aromatic heterocycles. The number of carbonyl (C=O) groups excluding carboxylic acids is 1. The van der Waals surface area contributed by atoms with Gasteiger partial charge in [0.15, 0.2) is 0 Å². The van der Waals surface area contributed by atoms with E-state index in [1.165, 1.54) is 6.07 Å². The zero-order valence-electron chi connectivity index (χ0n) is 15.6. The van der Waals surface area contributed by atoms with Crippen LogP contribution in [0.3, 0.4) is 0 Å². The van der Waals surface area contributed by atoms with Gasteiger partial charge >= 0.3 is 6.09 Å². The van der Waals surface area contributed by atoms with Gasteiger partial charge in [0.25, 0.3) is 5.56 Å². The number of H-pyrrole nitrogens is 1. The normalized spacial score (nSPS) is 12.5. The molecular weight excluding hydrogens is 370 g/mol. The molecule has 0 saturated heterocycles. The summed E-state index contributed by atoms with van der Waals surface area (Å²) < 4.78 is 5.32. The van der Waals surface area contributed by atoms with Gasteiger partial charge in [-0.1, -0.05) is 23.7 Å². The summed E-state index contributed by atoms with van der Waals surface area (Å²) in [5, 5.41) is 12.5. The lowest BCUT2D eigenvalue weighted by Gasteiger charge is -2.23. The van der Waals surface area contributed by atoms with E-state index in [0.29, 0.717) is 23.0 Å². The van der Waals surface area contributed by atoms with Gasteiger partial charge in [-0.2, -0.15) is 0 Å². The summed E-state index contributed by atoms with van der Waals surface area (Å²) in [5.41, 5.74) is 0.337. The predicted molar refractivity (Wildman–Crippen MR) is 103 cm³/mol. The van der Waals surface area contributed by atoms with Crippen molar-refractivity contribution in [2.24, 2.45) is 0 Å². The minimum Gasteiger partial charge on any atom is -0.444 e. The first-order valence-corrected chi connectivity index (χ1v) is 8.99. The van der Waals surface area contributed by atoms with Crippen molar-refractivity contribution >= 4 is 17.7 Å². The van der Waals surface area contributed by atoms with Crippen LogP contribution in [0.25, 0.3) is 0 Å². The Hall–Kier alpha value is -2.38. The molecule has 0 aliphatic heterocycles. The molecule has 0 aliphatic carbocycles. The molecule has 0 fully saturated rings. The molecule has 146 valence electrons. The fourth-order valence-corrected chi connectivity index (χ4v) is 2.58. The molecule has 0 aliphatic rings. The number of ether oxygens (including phenoxy) is 1. The van der Waals surface area contributed by atoms with Crippen LogP contribution in [0.4, 0.5) is 4.79 Å². The van der Waals surface area contributed by atoms with Crippen molar-refractivity contribution < 1.29 is 14.6 Å². The third-order valence-corrected chi connectivity index (χ3v) is 3.81. The number of rotatable bonds is 6. The van der Waals surface area contributed by atoms with Crippen LogP contribution in [0.1, 0.15) is 43.9 Å². The van der Waals surface area contributed by atoms with Crippen LogP contribution in [-0.4, -0.2) is 33.4 Å². The van der Waals surface area contributed by atoms with Crippen molar-refractivity contribution in [1.29, 1.82) is 0 Å². The van der Waals surface area contributed by atoms with Gasteiger partial charge in [-0.3, -0.25) is 4.79 Å². The molecule has 3 N–H and O–H groups in total. The number of aliphatic hydroxyl groups excluding tert-OH is 1. The molecule has 0 unspecified atom stereocenters. The van der Waals surface area contributed by atoms with Crippen molar-refractivity contribution in [2.45, 2.75) is 45.3 Å². The molecule has 1 aromatic carbocycles. The van der Waals surface area contributed by atoms with Crippen molar-refractivity contribution in [1.82, 2.24) is 15.3 Å². The molecule has 1 amide bonds. The second kappa shape index (κ2) is 9.01. The van der Waals surface area contributed by atoms with E-state index in [1.807, 2.05) is 12.1 Å². The molecule has 2 aromatic rings. The maximum atomic E-state index is 12.3. The molecule has 2 rings (SSSR count). The number of amides is 1. The highest BCUT2D eigenvalue weighted by atomic mass is 35.5. The van der Waals surface area contributed by atoms with E-state index in [0.717, 1.165) is 5.56 Å². The average molecular weight is 394 g/mol. The van der Waals surface area contributed by atoms with E-state index in [-0.39, 0.29) is 18.6 Å². The van der Waals surface area contributed by atoms with Crippen molar-refractivity contribution in [2.75, 3.05) is 6.61 Å². The number of benzene rings is 1. The van der Waals surface area contributed by atoms with E-state index in [1.54, 1.807) is 32.9 Å². The number of aromatic nitrogens is 2. The summed E-state index contributed by atoms with van der Waals surface area (Å²) in [6, 6.07) is 7.88. The minimum atomic E-state index is -0.658. The third-order valence-electron chi connectivity index (χ3n) is 3.56. The summed E-state index contributed by atoms with van der Waals surface area (Å²) in [6.45, 7) is 5.17. The van der Waals surface area contributed by atoms with Gasteiger partial charge in [0.2, 0.25) is 0 Å². The lowest BCUT2D eigenvalue weighted by atomic mass is 10.1. The smallest absolute Gasteiger partial charge is 0.408 e. The van der Waals surface area contributed by atoms with Gasteiger partial charge in [0.05, 0.1) is 11.7 Å². The van der Waals surface area contributed by atoms with E-state index >= 15 is 0 Å². The monoisotopic (exact) mass is 393 g/mol. The van der Waals surface area contributed by atoms with Gasteiger partial charge in [-0.15, -0.1) is 0 Å². The van der Waals surface area contributed by atoms with Crippen molar-refractivity contribution in [3.8, 4) is 0 Å². The summed E-state index contributed by atoms with van der Waals surface area (Å²) in [6.07, 6.45) is 0.00977. The Morgan fingerprint density at radius 2 is 2.00 bits per heavy atom. The fraction of sp³-hybridized carbons (Fsp3) is 0.421. The Bertz CT molecular complexity index is 828. The van der Waals surface area contributed by atoms with Gasteiger partial charge < -0.3 is 20.1 Å². The van der Waals surface area contributed by atoms with Gasteiger partial charge in [-0.05, 0) is 38.5 Å². The van der Waals surface area contributed by atoms with Gasteiger partial charge in [0.1, 0.15) is 11.4 Å². The Morgan fingerprint density at radius 3 is 2.59 bits per heavy atom. The molecule has 0 saturated carbocycles. The number of halogens is 1. The summed E-state index contributed by atoms with van der Waals surface area (Å²) >= 11 is 5.93. The quantitative estimate of drug-likeness (QED) is 0.700. The molecule has 0 bridgehead atoms. The molecule has 1 atom stereocenters. The van der Waals surface area contributed by atoms with Crippen molar-refractivity contribution in [3.05, 3.63) is 62.8 Å². The van der Waals surface area contributed by atoms with Gasteiger partial charge in [0, 0.05) is 30.5 Å². The van der Waals surface area contributed by atoms with Crippen LogP contribution in [0.15, 0.2) is 35.1 Å². The van der Waals surface area contributed by atoms with E-state index in [9.17, 15) is 9.59 Å². The van der Waals surface area contributed by atoms with Gasteiger partial charge in [-0.25, -0.2) is 9.78 Å². The van der Waals surface area contributed by atoms with Crippen LogP contribution < -0.4 is 10.9 Å². The number of aromatic amines is 1. The zero-order valence-corrected chi connectivity index (χ0v) is 16.3. The van der Waals surface area contributed by atoms with E-state index < -0.39 is 17.7 Å². The standard InChI is InChI=1S/C19H24ClN3O4/c1-19(2,3)27-18(26)22-15(10-12-4-6-13(20)7-5-12)17-21-14(8-9-24)11-16(25)23-17/h4-7,11,15,24H,8-10H2,1-3H3,(H,22,26)(H,21,23,25)/t15-/m0/s1. The van der Waals surface area contributed by atoms with Crippen LogP contribution >= 0.6 is 11.6 Å². The van der Waals surface area contributed by atoms with E-state index in [4.69, 9.17) is 21.4 Å². The minimum absolute atomic E-state index is 0.128. The molecule has 27 heavy (non-hydrogen) atoms. The lowest BCUT2D eigenvalue weighted by molar-refractivity contribution is 0.0501. The molecule has 7 nitrogen and oxygen atoms in total. The van der Waals surface area contributed by atoms with Crippen LogP contribution in [0.2, 0.25) is 5.02 Å². The highest BCUT2D eigenvalue weighted by molar-refractivity contribution is 6.30. The number of alkyl carbamates (subject to hydrolysis) is 1. The number of hydrogen-bond donors (Lipinski definition) is 3. The van der Waals surface area contributed by atoms with E-state index in [2.05, 4.69) is 15.3 Å². The first kappa shape index (κ1) is 20.9. The molecule has 1 heterocycles. The Balaban J connectivity index is 2.32. The number of nitrogens with one attached hydrogen (secondary N) is 2. The molecule has 0 spiro atoms. The molecule has 0 radical (unpaired) electrons. The Morgan fingerprint density at radius 1 is 1.33 bits per heavy atom. The van der Waals surface area contributed by atoms with Crippen molar-refractivity contribution in [3.63, 3.8) is 0 Å². The summed E-state index contributed by atoms with van der Waals surface area (Å²) in [7, 11) is 0. The number of aliphatic hydroxyl groups is 1. The second-order valence-electron chi connectivity index (χ2n) is 7.12. The summed E-state index contributed by atoms with van der Waals surface area (Å²) in [4.78, 5) is 31.3. The number of nitrogens with zero attached hydrogens (tertiary/aromatic N) is 1. The van der Waals surface area contributed by atoms with Crippen LogP contribution in [0.5, 0.6) is 0 Å². The second-order valence-corrected chi connectivity index (χ2v) is 7.56. The maximum absolute atomic E-state index is 12.3. The Kier molecular flexibility index (Phi) is 6.98.